The number of carbonyl (C=O) groups is 4. The van der Waals surface area contributed by atoms with Crippen LogP contribution < -0.4 is 22.1 Å². The number of primary amides is 1. The molecular weight excluding hydrogens is 304 g/mol. The lowest BCUT2D eigenvalue weighted by molar-refractivity contribution is -0.144. The summed E-state index contributed by atoms with van der Waals surface area (Å²) >= 11 is 0. The van der Waals surface area contributed by atoms with E-state index in [4.69, 9.17) is 16.6 Å². The summed E-state index contributed by atoms with van der Waals surface area (Å²) in [4.78, 5) is 46.1. The fourth-order valence-corrected chi connectivity index (χ4v) is 1.75. The van der Waals surface area contributed by atoms with Crippen LogP contribution in [0.15, 0.2) is 0 Å². The number of rotatable bonds is 9. The Morgan fingerprint density at radius 3 is 1.83 bits per heavy atom. The first-order chi connectivity index (χ1) is 10.5. The molecule has 0 heterocycles. The van der Waals surface area contributed by atoms with Crippen molar-refractivity contribution in [1.82, 2.24) is 10.6 Å². The minimum Gasteiger partial charge on any atom is -0.480 e. The number of hydrogen-bond donors (Lipinski definition) is 5. The highest BCUT2D eigenvalue weighted by molar-refractivity contribution is 5.93. The first kappa shape index (κ1) is 20.8. The van der Waals surface area contributed by atoms with E-state index in [0.717, 1.165) is 0 Å². The molecule has 0 saturated carbocycles. The van der Waals surface area contributed by atoms with Crippen molar-refractivity contribution in [1.29, 1.82) is 0 Å². The predicted molar refractivity (Wildman–Crippen MR) is 83.0 cm³/mol. The second-order valence-corrected chi connectivity index (χ2v) is 6.07. The van der Waals surface area contributed by atoms with Crippen LogP contribution in [0.4, 0.5) is 0 Å². The van der Waals surface area contributed by atoms with Crippen LogP contribution in [0.3, 0.4) is 0 Å². The summed E-state index contributed by atoms with van der Waals surface area (Å²) in [6.45, 7) is 6.91. The van der Waals surface area contributed by atoms with Gasteiger partial charge in [-0.3, -0.25) is 14.4 Å². The number of carboxylic acid groups (broad SMARTS) is 1. The standard InChI is InChI=1S/C14H26N4O5/c1-6(2)10(16)12(20)18-11(7(3)4)13(21)17-8(14(22)23)5-9(15)19/h6-8,10-11H,5,16H2,1-4H3,(H2,15,19)(H,17,21)(H,18,20)(H,22,23)/t8-,10-,11-/m0/s1. The highest BCUT2D eigenvalue weighted by Gasteiger charge is 2.31. The molecule has 3 amide bonds. The monoisotopic (exact) mass is 330 g/mol. The highest BCUT2D eigenvalue weighted by atomic mass is 16.4. The number of carboxylic acids is 1. The maximum absolute atomic E-state index is 12.2. The van der Waals surface area contributed by atoms with Gasteiger partial charge in [-0.05, 0) is 11.8 Å². The summed E-state index contributed by atoms with van der Waals surface area (Å²) in [5, 5.41) is 13.7. The molecule has 0 rings (SSSR count). The van der Waals surface area contributed by atoms with Gasteiger partial charge in [0.25, 0.3) is 0 Å². The maximum Gasteiger partial charge on any atom is 0.326 e. The third-order valence-corrected chi connectivity index (χ3v) is 3.29. The smallest absolute Gasteiger partial charge is 0.326 e. The minimum absolute atomic E-state index is 0.118. The fourth-order valence-electron chi connectivity index (χ4n) is 1.75. The highest BCUT2D eigenvalue weighted by Crippen LogP contribution is 2.06. The van der Waals surface area contributed by atoms with Crippen LogP contribution in [0.1, 0.15) is 34.1 Å². The van der Waals surface area contributed by atoms with Crippen LogP contribution in [0.25, 0.3) is 0 Å². The van der Waals surface area contributed by atoms with E-state index in [1.165, 1.54) is 0 Å². The van der Waals surface area contributed by atoms with Crippen molar-refractivity contribution in [3.63, 3.8) is 0 Å². The zero-order valence-corrected chi connectivity index (χ0v) is 13.8. The van der Waals surface area contributed by atoms with E-state index < -0.39 is 48.2 Å². The number of nitrogens with one attached hydrogen (secondary N) is 2. The van der Waals surface area contributed by atoms with Crippen LogP contribution >= 0.6 is 0 Å². The van der Waals surface area contributed by atoms with Crippen LogP contribution in [0.2, 0.25) is 0 Å². The van der Waals surface area contributed by atoms with Gasteiger partial charge in [-0.25, -0.2) is 4.79 Å². The molecule has 0 aromatic carbocycles. The third kappa shape index (κ3) is 7.09. The molecule has 0 unspecified atom stereocenters. The molecule has 9 heteroatoms. The Kier molecular flexibility index (Phi) is 8.23. The molecule has 0 bridgehead atoms. The number of aliphatic carboxylic acids is 1. The molecule has 0 aliphatic heterocycles. The summed E-state index contributed by atoms with van der Waals surface area (Å²) in [7, 11) is 0. The van der Waals surface area contributed by atoms with Gasteiger partial charge in [-0.1, -0.05) is 27.7 Å². The first-order valence-electron chi connectivity index (χ1n) is 7.34. The van der Waals surface area contributed by atoms with Crippen molar-refractivity contribution in [2.75, 3.05) is 0 Å². The van der Waals surface area contributed by atoms with E-state index in [9.17, 15) is 19.2 Å². The number of hydrogen-bond acceptors (Lipinski definition) is 5. The Morgan fingerprint density at radius 2 is 1.48 bits per heavy atom. The van der Waals surface area contributed by atoms with Crippen molar-refractivity contribution >= 4 is 23.7 Å². The van der Waals surface area contributed by atoms with Crippen molar-refractivity contribution in [2.24, 2.45) is 23.3 Å². The van der Waals surface area contributed by atoms with Gasteiger partial charge >= 0.3 is 5.97 Å². The summed E-state index contributed by atoms with van der Waals surface area (Å²) in [6.07, 6.45) is -0.536. The molecule has 9 nitrogen and oxygen atoms in total. The van der Waals surface area contributed by atoms with Gasteiger partial charge < -0.3 is 27.2 Å². The van der Waals surface area contributed by atoms with Crippen LogP contribution in [0, 0.1) is 11.8 Å². The second-order valence-electron chi connectivity index (χ2n) is 6.07. The Labute approximate surface area is 135 Å². The van der Waals surface area contributed by atoms with E-state index in [2.05, 4.69) is 10.6 Å². The molecule has 0 saturated heterocycles. The van der Waals surface area contributed by atoms with E-state index in [-0.39, 0.29) is 11.8 Å². The van der Waals surface area contributed by atoms with Crippen molar-refractivity contribution in [3.8, 4) is 0 Å². The van der Waals surface area contributed by atoms with E-state index in [1.807, 2.05) is 0 Å². The Morgan fingerprint density at radius 1 is 0.957 bits per heavy atom. The molecule has 0 spiro atoms. The first-order valence-corrected chi connectivity index (χ1v) is 7.34. The average Bonchev–Trinajstić information content (AvgIpc) is 2.41. The summed E-state index contributed by atoms with van der Waals surface area (Å²) in [5.74, 6) is -3.88. The van der Waals surface area contributed by atoms with Crippen LogP contribution in [0.5, 0.6) is 0 Å². The quantitative estimate of drug-likeness (QED) is 0.347. The number of amides is 3. The van der Waals surface area contributed by atoms with Crippen LogP contribution in [-0.4, -0.2) is 46.9 Å². The molecule has 0 radical (unpaired) electrons. The zero-order valence-electron chi connectivity index (χ0n) is 13.8. The van der Waals surface area contributed by atoms with E-state index in [0.29, 0.717) is 0 Å². The van der Waals surface area contributed by atoms with Crippen molar-refractivity contribution < 1.29 is 24.3 Å². The molecule has 23 heavy (non-hydrogen) atoms. The van der Waals surface area contributed by atoms with Crippen molar-refractivity contribution in [2.45, 2.75) is 52.2 Å². The number of nitrogens with two attached hydrogens (primary N) is 2. The average molecular weight is 330 g/mol. The molecule has 7 N–H and O–H groups in total. The Hall–Kier alpha value is -2.16. The lowest BCUT2D eigenvalue weighted by Crippen LogP contribution is -2.57. The van der Waals surface area contributed by atoms with Gasteiger partial charge in [-0.15, -0.1) is 0 Å². The van der Waals surface area contributed by atoms with Gasteiger partial charge in [0, 0.05) is 0 Å². The molecule has 0 fully saturated rings. The van der Waals surface area contributed by atoms with E-state index in [1.54, 1.807) is 27.7 Å². The van der Waals surface area contributed by atoms with Gasteiger partial charge in [0.05, 0.1) is 12.5 Å². The second kappa shape index (κ2) is 9.09. The Balaban J connectivity index is 5.01. The minimum atomic E-state index is -1.45. The zero-order chi connectivity index (χ0) is 18.3. The summed E-state index contributed by atoms with van der Waals surface area (Å²) < 4.78 is 0. The third-order valence-electron chi connectivity index (χ3n) is 3.29. The molecule has 3 atom stereocenters. The molecule has 132 valence electrons. The van der Waals surface area contributed by atoms with E-state index >= 15 is 0 Å². The molecule has 0 aromatic heterocycles. The van der Waals surface area contributed by atoms with Crippen LogP contribution in [-0.2, 0) is 19.2 Å². The lowest BCUT2D eigenvalue weighted by atomic mass is 10.00. The summed E-state index contributed by atoms with van der Waals surface area (Å²) in [5.41, 5.74) is 10.7. The van der Waals surface area contributed by atoms with Gasteiger partial charge in [-0.2, -0.15) is 0 Å². The SMILES string of the molecule is CC(C)[C@H](N)C(=O)N[C@H](C(=O)N[C@@H](CC(N)=O)C(=O)O)C(C)C. The Bertz CT molecular complexity index is 464. The molecule has 0 aliphatic rings. The predicted octanol–water partition coefficient (Wildman–Crippen LogP) is -1.44. The number of carbonyl (C=O) groups excluding carboxylic acids is 3. The largest absolute Gasteiger partial charge is 0.480 e. The van der Waals surface area contributed by atoms with Gasteiger partial charge in [0.1, 0.15) is 12.1 Å². The topological polar surface area (TPSA) is 165 Å². The normalized spacial score (nSPS) is 14.9. The summed E-state index contributed by atoms with van der Waals surface area (Å²) in [6, 6.07) is -3.20. The molecule has 0 aromatic rings. The maximum atomic E-state index is 12.2. The van der Waals surface area contributed by atoms with Gasteiger partial charge in [0.2, 0.25) is 17.7 Å². The molecule has 0 aliphatic carbocycles. The lowest BCUT2D eigenvalue weighted by Gasteiger charge is -2.25. The fraction of sp³-hybridized carbons (Fsp3) is 0.714. The molecular formula is C14H26N4O5. The van der Waals surface area contributed by atoms with Crippen molar-refractivity contribution in [3.05, 3.63) is 0 Å². The van der Waals surface area contributed by atoms with Gasteiger partial charge in [0.15, 0.2) is 0 Å².